The van der Waals surface area contributed by atoms with Crippen LogP contribution in [0.2, 0.25) is 4.34 Å². The summed E-state index contributed by atoms with van der Waals surface area (Å²) >= 11 is 7.00. The summed E-state index contributed by atoms with van der Waals surface area (Å²) in [5.74, 6) is 0.291. The summed E-state index contributed by atoms with van der Waals surface area (Å²) in [6.07, 6.45) is 2.51. The first-order valence-electron chi connectivity index (χ1n) is 11.4. The lowest BCUT2D eigenvalue weighted by Crippen LogP contribution is -2.07. The number of Topliss-reactive ketones (excluding diaryl/α,β-unsaturated/α-hetero) is 1. The SMILES string of the molecule is COc1cccc2c1c(CS(=O)(=O)c1ccc(Cl)s1)nn2Cc1cccc(CCC(=O)c2ccn[nH]2)c1. The zero-order valence-electron chi connectivity index (χ0n) is 19.8. The van der Waals surface area contributed by atoms with E-state index in [0.29, 0.717) is 46.2 Å². The molecule has 37 heavy (non-hydrogen) atoms. The van der Waals surface area contributed by atoms with Gasteiger partial charge in [-0.1, -0.05) is 41.9 Å². The van der Waals surface area contributed by atoms with Crippen molar-refractivity contribution in [3.63, 3.8) is 0 Å². The first-order chi connectivity index (χ1) is 17.8. The molecule has 0 saturated heterocycles. The van der Waals surface area contributed by atoms with Gasteiger partial charge < -0.3 is 4.74 Å². The lowest BCUT2D eigenvalue weighted by Gasteiger charge is -2.07. The molecule has 0 unspecified atom stereocenters. The van der Waals surface area contributed by atoms with Crippen molar-refractivity contribution in [3.8, 4) is 5.75 Å². The number of nitrogens with one attached hydrogen (secondary N) is 1. The minimum Gasteiger partial charge on any atom is -0.496 e. The second kappa shape index (κ2) is 10.5. The van der Waals surface area contributed by atoms with Crippen LogP contribution in [0.4, 0.5) is 0 Å². The van der Waals surface area contributed by atoms with Gasteiger partial charge in [0.25, 0.3) is 0 Å². The summed E-state index contributed by atoms with van der Waals surface area (Å²) in [6.45, 7) is 0.427. The first-order valence-corrected chi connectivity index (χ1v) is 14.3. The molecule has 0 fully saturated rings. The number of carbonyl (C=O) groups is 1. The van der Waals surface area contributed by atoms with Gasteiger partial charge in [-0.3, -0.25) is 14.6 Å². The van der Waals surface area contributed by atoms with Crippen LogP contribution >= 0.6 is 22.9 Å². The number of ether oxygens (including phenoxy) is 1. The largest absolute Gasteiger partial charge is 0.496 e. The molecule has 2 aromatic carbocycles. The van der Waals surface area contributed by atoms with E-state index in [1.807, 2.05) is 36.4 Å². The fourth-order valence-corrected chi connectivity index (χ4v) is 7.09. The molecule has 0 saturated carbocycles. The number of carbonyl (C=O) groups excluding carboxylic acids is 1. The quantitative estimate of drug-likeness (QED) is 0.234. The minimum atomic E-state index is -3.65. The maximum Gasteiger partial charge on any atom is 0.193 e. The number of methoxy groups -OCH3 is 1. The maximum atomic E-state index is 13.1. The first kappa shape index (κ1) is 25.2. The molecule has 8 nitrogen and oxygen atoms in total. The van der Waals surface area contributed by atoms with Crippen LogP contribution in [-0.4, -0.2) is 41.3 Å². The van der Waals surface area contributed by atoms with Gasteiger partial charge in [0.05, 0.1) is 34.6 Å². The Bertz CT molecular complexity index is 1670. The Morgan fingerprint density at radius 1 is 1.11 bits per heavy atom. The number of fused-ring (bicyclic) bond motifs is 1. The van der Waals surface area contributed by atoms with Crippen molar-refractivity contribution in [2.75, 3.05) is 7.11 Å². The predicted molar refractivity (Wildman–Crippen MR) is 143 cm³/mol. The van der Waals surface area contributed by atoms with E-state index < -0.39 is 9.84 Å². The zero-order chi connectivity index (χ0) is 26.0. The molecule has 0 aliphatic carbocycles. The van der Waals surface area contributed by atoms with E-state index >= 15 is 0 Å². The number of hydrogen-bond donors (Lipinski definition) is 1. The van der Waals surface area contributed by atoms with Crippen LogP contribution in [0.15, 0.2) is 71.1 Å². The van der Waals surface area contributed by atoms with Gasteiger partial charge >= 0.3 is 0 Å². The molecule has 5 aromatic rings. The van der Waals surface area contributed by atoms with Crippen LogP contribution in [0, 0.1) is 0 Å². The number of H-pyrrole nitrogens is 1. The smallest absolute Gasteiger partial charge is 0.193 e. The van der Waals surface area contributed by atoms with Crippen LogP contribution in [0.5, 0.6) is 5.75 Å². The second-order valence-electron chi connectivity index (χ2n) is 8.49. The number of sulfone groups is 1. The molecule has 5 rings (SSSR count). The van der Waals surface area contributed by atoms with Crippen molar-refractivity contribution in [1.82, 2.24) is 20.0 Å². The van der Waals surface area contributed by atoms with Gasteiger partial charge in [0, 0.05) is 12.6 Å². The van der Waals surface area contributed by atoms with Crippen molar-refractivity contribution in [2.24, 2.45) is 0 Å². The summed E-state index contributed by atoms with van der Waals surface area (Å²) in [4.78, 5) is 12.3. The van der Waals surface area contributed by atoms with Crippen molar-refractivity contribution in [2.45, 2.75) is 29.3 Å². The highest BCUT2D eigenvalue weighted by Crippen LogP contribution is 2.33. The van der Waals surface area contributed by atoms with Gasteiger partial charge in [-0.25, -0.2) is 8.42 Å². The number of aromatic nitrogens is 4. The lowest BCUT2D eigenvalue weighted by molar-refractivity contribution is 0.0978. The third-order valence-corrected chi connectivity index (χ3v) is 9.42. The molecule has 11 heteroatoms. The van der Waals surface area contributed by atoms with Gasteiger partial charge in [-0.15, -0.1) is 11.3 Å². The predicted octanol–water partition coefficient (Wildman–Crippen LogP) is 5.32. The van der Waals surface area contributed by atoms with Crippen LogP contribution in [0.3, 0.4) is 0 Å². The third-order valence-electron chi connectivity index (χ3n) is 5.98. The highest BCUT2D eigenvalue weighted by Gasteiger charge is 2.24. The molecular weight excluding hydrogens is 532 g/mol. The summed E-state index contributed by atoms with van der Waals surface area (Å²) < 4.78 is 34.2. The number of benzene rings is 2. The van der Waals surface area contributed by atoms with Gasteiger partial charge in [0.2, 0.25) is 0 Å². The van der Waals surface area contributed by atoms with E-state index in [2.05, 4.69) is 10.2 Å². The lowest BCUT2D eigenvalue weighted by atomic mass is 10.0. The summed E-state index contributed by atoms with van der Waals surface area (Å²) in [7, 11) is -2.09. The normalized spacial score (nSPS) is 11.7. The van der Waals surface area contributed by atoms with Crippen LogP contribution < -0.4 is 4.74 Å². The topological polar surface area (TPSA) is 107 Å². The summed E-state index contributed by atoms with van der Waals surface area (Å²) in [5, 5.41) is 11.9. The van der Waals surface area contributed by atoms with Crippen LogP contribution in [0.1, 0.15) is 33.7 Å². The molecule has 0 aliphatic heterocycles. The number of ketones is 1. The Morgan fingerprint density at radius 2 is 1.92 bits per heavy atom. The van der Waals surface area contributed by atoms with E-state index in [1.165, 1.54) is 6.07 Å². The molecule has 0 amide bonds. The second-order valence-corrected chi connectivity index (χ2v) is 12.4. The van der Waals surface area contributed by atoms with Crippen LogP contribution in [0.25, 0.3) is 10.9 Å². The summed E-state index contributed by atoms with van der Waals surface area (Å²) in [5.41, 5.74) is 3.70. The van der Waals surface area contributed by atoms with Gasteiger partial charge in [0.1, 0.15) is 21.4 Å². The van der Waals surface area contributed by atoms with Gasteiger partial charge in [-0.2, -0.15) is 10.2 Å². The molecule has 0 aliphatic rings. The number of nitrogens with zero attached hydrogens (tertiary/aromatic N) is 3. The average Bonchev–Trinajstić information content (AvgIpc) is 3.64. The van der Waals surface area contributed by atoms with E-state index in [1.54, 1.807) is 36.2 Å². The van der Waals surface area contributed by atoms with Crippen molar-refractivity contribution in [1.29, 1.82) is 0 Å². The van der Waals surface area contributed by atoms with Gasteiger partial charge in [-0.05, 0) is 47.9 Å². The standard InChI is InChI=1S/C26H23ClN4O4S2/c1-35-23-7-3-6-21-26(23)20(16-37(33,34)25-11-10-24(27)36-25)30-31(21)15-18-5-2-4-17(14-18)8-9-22(32)19-12-13-28-29-19/h2-7,10-14H,8-9,15-16H2,1H3,(H,28,29). The third kappa shape index (κ3) is 5.46. The number of hydrogen-bond acceptors (Lipinski definition) is 7. The molecule has 3 aromatic heterocycles. The molecule has 0 radical (unpaired) electrons. The van der Waals surface area contributed by atoms with Crippen molar-refractivity contribution in [3.05, 3.63) is 93.7 Å². The van der Waals surface area contributed by atoms with E-state index in [-0.39, 0.29) is 15.7 Å². The highest BCUT2D eigenvalue weighted by atomic mass is 35.5. The van der Waals surface area contributed by atoms with Crippen molar-refractivity contribution < 1.29 is 17.9 Å². The number of thiophene rings is 1. The molecule has 3 heterocycles. The Balaban J connectivity index is 1.43. The number of aromatic amines is 1. The summed E-state index contributed by atoms with van der Waals surface area (Å²) in [6, 6.07) is 18.3. The Hall–Kier alpha value is -3.47. The Kier molecular flexibility index (Phi) is 7.14. The van der Waals surface area contributed by atoms with E-state index in [4.69, 9.17) is 21.4 Å². The van der Waals surface area contributed by atoms with Crippen molar-refractivity contribution >= 4 is 49.5 Å². The molecule has 1 N–H and O–H groups in total. The minimum absolute atomic E-state index is 0.00551. The van der Waals surface area contributed by atoms with Crippen LogP contribution in [-0.2, 0) is 28.6 Å². The Morgan fingerprint density at radius 3 is 2.65 bits per heavy atom. The number of halogens is 1. The average molecular weight is 555 g/mol. The number of aryl methyl sites for hydroxylation is 1. The zero-order valence-corrected chi connectivity index (χ0v) is 22.2. The fraction of sp³-hybridized carbons (Fsp3) is 0.192. The molecule has 0 bridgehead atoms. The molecule has 0 spiro atoms. The van der Waals surface area contributed by atoms with E-state index in [0.717, 1.165) is 28.0 Å². The maximum absolute atomic E-state index is 13.1. The fourth-order valence-electron chi connectivity index (χ4n) is 4.24. The monoisotopic (exact) mass is 554 g/mol. The van der Waals surface area contributed by atoms with Gasteiger partial charge in [0.15, 0.2) is 15.6 Å². The molecule has 190 valence electrons. The molecule has 0 atom stereocenters. The number of rotatable bonds is 10. The highest BCUT2D eigenvalue weighted by molar-refractivity contribution is 7.92. The molecular formula is C26H23ClN4O4S2. The van der Waals surface area contributed by atoms with E-state index in [9.17, 15) is 13.2 Å². The Labute approximate surface area is 222 Å².